The van der Waals surface area contributed by atoms with Crippen molar-refractivity contribution in [2.45, 2.75) is 6.18 Å². The second-order valence-corrected chi connectivity index (χ2v) is 5.63. The van der Waals surface area contributed by atoms with Gasteiger partial charge in [0, 0.05) is 18.7 Å². The van der Waals surface area contributed by atoms with E-state index >= 15 is 0 Å². The first-order valence-corrected chi connectivity index (χ1v) is 7.37. The van der Waals surface area contributed by atoms with Crippen molar-refractivity contribution in [3.63, 3.8) is 0 Å². The fraction of sp³-hybridized carbons (Fsp3) is 0.200. The number of halogens is 6. The summed E-state index contributed by atoms with van der Waals surface area (Å²) in [5, 5.41) is 2.87. The molecule has 1 aromatic carbocycles. The van der Waals surface area contributed by atoms with Gasteiger partial charge >= 0.3 is 12.1 Å². The lowest BCUT2D eigenvalue weighted by Crippen LogP contribution is -2.12. The van der Waals surface area contributed by atoms with E-state index in [0.29, 0.717) is 4.68 Å². The number of hydrogen-bond donors (Lipinski definition) is 0. The van der Waals surface area contributed by atoms with Crippen molar-refractivity contribution in [2.75, 3.05) is 7.11 Å². The molecule has 0 N–H and O–H groups in total. The number of nitrogens with zero attached hydrogens (tertiary/aromatic N) is 2. The Labute approximate surface area is 149 Å². The highest BCUT2D eigenvalue weighted by Crippen LogP contribution is 2.40. The molecule has 4 nitrogen and oxygen atoms in total. The van der Waals surface area contributed by atoms with E-state index in [1.807, 2.05) is 0 Å². The molecule has 2 aromatic rings. The third kappa shape index (κ3) is 3.96. The summed E-state index contributed by atoms with van der Waals surface area (Å²) in [6, 6.07) is 2.04. The molecule has 1 aromatic heterocycles. The molecule has 0 fully saturated rings. The molecule has 0 radical (unpaired) electrons. The number of carbonyl (C=O) groups excluding carboxylic acids is 1. The van der Waals surface area contributed by atoms with Crippen LogP contribution in [0.1, 0.15) is 11.3 Å². The number of benzene rings is 1. The van der Waals surface area contributed by atoms with Gasteiger partial charge in [0.25, 0.3) is 0 Å². The number of aryl methyl sites for hydroxylation is 1. The number of methoxy groups -OCH3 is 1. The fourth-order valence-corrected chi connectivity index (χ4v) is 2.66. The Hall–Kier alpha value is -2.06. The van der Waals surface area contributed by atoms with Crippen LogP contribution in [0.3, 0.4) is 0 Å². The third-order valence-electron chi connectivity index (χ3n) is 3.20. The molecule has 0 atom stereocenters. The van der Waals surface area contributed by atoms with Gasteiger partial charge in [0.15, 0.2) is 5.69 Å². The number of rotatable bonds is 3. The van der Waals surface area contributed by atoms with Crippen molar-refractivity contribution in [1.82, 2.24) is 9.78 Å². The minimum atomic E-state index is -4.76. The quantitative estimate of drug-likeness (QED) is 0.427. The van der Waals surface area contributed by atoms with E-state index in [-0.39, 0.29) is 16.1 Å². The fourth-order valence-electron chi connectivity index (χ4n) is 2.08. The van der Waals surface area contributed by atoms with E-state index in [2.05, 4.69) is 9.84 Å². The molecule has 1 heterocycles. The van der Waals surface area contributed by atoms with Gasteiger partial charge in [0.05, 0.1) is 17.2 Å². The summed E-state index contributed by atoms with van der Waals surface area (Å²) in [5.74, 6) is -1.59. The molecular formula is C15H10Cl2F4N2O2. The molecule has 0 aliphatic carbocycles. The number of esters is 1. The minimum Gasteiger partial charge on any atom is -0.466 e. The number of carbonyl (C=O) groups is 1. The van der Waals surface area contributed by atoms with Crippen molar-refractivity contribution in [1.29, 1.82) is 0 Å². The van der Waals surface area contributed by atoms with Gasteiger partial charge in [-0.15, -0.1) is 0 Å². The number of alkyl halides is 3. The molecule has 0 unspecified atom stereocenters. The van der Waals surface area contributed by atoms with E-state index in [4.69, 9.17) is 23.2 Å². The molecule has 0 aliphatic heterocycles. The Kier molecular flexibility index (Phi) is 5.43. The van der Waals surface area contributed by atoms with Crippen LogP contribution >= 0.6 is 23.2 Å². The lowest BCUT2D eigenvalue weighted by molar-refractivity contribution is -0.143. The Morgan fingerprint density at radius 3 is 2.48 bits per heavy atom. The van der Waals surface area contributed by atoms with Crippen LogP contribution in [-0.4, -0.2) is 22.9 Å². The van der Waals surface area contributed by atoms with Gasteiger partial charge in [-0.3, -0.25) is 4.68 Å². The largest absolute Gasteiger partial charge is 0.466 e. The lowest BCUT2D eigenvalue weighted by Gasteiger charge is -2.07. The maximum atomic E-state index is 14.2. The summed E-state index contributed by atoms with van der Waals surface area (Å²) >= 11 is 11.7. The van der Waals surface area contributed by atoms with E-state index in [0.717, 1.165) is 32.4 Å². The molecular weight excluding hydrogens is 387 g/mol. The topological polar surface area (TPSA) is 44.1 Å². The molecule has 134 valence electrons. The molecule has 0 amide bonds. The average molecular weight is 397 g/mol. The summed E-state index contributed by atoms with van der Waals surface area (Å²) in [5.41, 5.74) is -1.70. The van der Waals surface area contributed by atoms with Gasteiger partial charge in [-0.25, -0.2) is 9.18 Å². The molecule has 2 rings (SSSR count). The van der Waals surface area contributed by atoms with Gasteiger partial charge in [0.1, 0.15) is 11.5 Å². The summed E-state index contributed by atoms with van der Waals surface area (Å²) < 4.78 is 58.2. The summed E-state index contributed by atoms with van der Waals surface area (Å²) in [6.07, 6.45) is -2.49. The molecule has 0 bridgehead atoms. The summed E-state index contributed by atoms with van der Waals surface area (Å²) in [4.78, 5) is 11.1. The normalized spacial score (nSPS) is 12.0. The maximum Gasteiger partial charge on any atom is 0.434 e. The second kappa shape index (κ2) is 7.05. The van der Waals surface area contributed by atoms with Crippen molar-refractivity contribution < 1.29 is 27.1 Å². The molecule has 0 saturated heterocycles. The Bertz CT molecular complexity index is 860. The first-order chi connectivity index (χ1) is 11.6. The number of ether oxygens (including phenoxy) is 1. The highest BCUT2D eigenvalue weighted by atomic mass is 35.5. The van der Waals surface area contributed by atoms with Crippen LogP contribution in [0.5, 0.6) is 0 Å². The Morgan fingerprint density at radius 1 is 1.32 bits per heavy atom. The van der Waals surface area contributed by atoms with Crippen molar-refractivity contribution >= 4 is 35.2 Å². The van der Waals surface area contributed by atoms with Gasteiger partial charge < -0.3 is 4.74 Å². The highest BCUT2D eigenvalue weighted by molar-refractivity contribution is 6.34. The van der Waals surface area contributed by atoms with Crippen LogP contribution in [0, 0.1) is 5.82 Å². The van der Waals surface area contributed by atoms with E-state index < -0.39 is 34.4 Å². The van der Waals surface area contributed by atoms with Gasteiger partial charge in [-0.2, -0.15) is 18.3 Å². The predicted octanol–water partition coefficient (Wildman–Crippen LogP) is 4.74. The highest BCUT2D eigenvalue weighted by Gasteiger charge is 2.39. The van der Waals surface area contributed by atoms with Gasteiger partial charge in [-0.05, 0) is 23.8 Å². The Balaban J connectivity index is 2.61. The van der Waals surface area contributed by atoms with Crippen LogP contribution in [0.4, 0.5) is 17.6 Å². The summed E-state index contributed by atoms with van der Waals surface area (Å²) in [7, 11) is 2.21. The Morgan fingerprint density at radius 2 is 1.96 bits per heavy atom. The number of hydrogen-bond acceptors (Lipinski definition) is 3. The standard InChI is InChI=1S/C15H10Cl2F4N2O2/c1-23-14(15(19,20)21)12(17)13(22-23)8-5-7(3-4-11(24)25-2)9(16)6-10(8)18/h3-6H,1-2H3. The first-order valence-electron chi connectivity index (χ1n) is 6.61. The van der Waals surface area contributed by atoms with E-state index in [9.17, 15) is 22.4 Å². The zero-order valence-electron chi connectivity index (χ0n) is 12.8. The van der Waals surface area contributed by atoms with Gasteiger partial charge in [0.2, 0.25) is 0 Å². The van der Waals surface area contributed by atoms with Crippen LogP contribution in [0.15, 0.2) is 18.2 Å². The van der Waals surface area contributed by atoms with Gasteiger partial charge in [-0.1, -0.05) is 23.2 Å². The molecule has 10 heteroatoms. The van der Waals surface area contributed by atoms with Crippen molar-refractivity contribution in [2.24, 2.45) is 7.05 Å². The van der Waals surface area contributed by atoms with Crippen LogP contribution in [-0.2, 0) is 22.8 Å². The van der Waals surface area contributed by atoms with Crippen LogP contribution < -0.4 is 0 Å². The van der Waals surface area contributed by atoms with Crippen molar-refractivity contribution in [3.05, 3.63) is 45.3 Å². The number of aromatic nitrogens is 2. The molecule has 0 aliphatic rings. The monoisotopic (exact) mass is 396 g/mol. The minimum absolute atomic E-state index is 0.0514. The molecule has 25 heavy (non-hydrogen) atoms. The van der Waals surface area contributed by atoms with Crippen LogP contribution in [0.2, 0.25) is 10.0 Å². The predicted molar refractivity (Wildman–Crippen MR) is 84.7 cm³/mol. The smallest absolute Gasteiger partial charge is 0.434 e. The zero-order chi connectivity index (χ0) is 18.9. The molecule has 0 spiro atoms. The van der Waals surface area contributed by atoms with Crippen LogP contribution in [0.25, 0.3) is 17.3 Å². The first kappa shape index (κ1) is 19.3. The van der Waals surface area contributed by atoms with Crippen molar-refractivity contribution in [3.8, 4) is 11.3 Å². The molecule has 0 saturated carbocycles. The average Bonchev–Trinajstić information content (AvgIpc) is 2.80. The van der Waals surface area contributed by atoms with E-state index in [1.165, 1.54) is 6.08 Å². The summed E-state index contributed by atoms with van der Waals surface area (Å²) in [6.45, 7) is 0. The lowest BCUT2D eigenvalue weighted by atomic mass is 10.1. The second-order valence-electron chi connectivity index (χ2n) is 4.84. The SMILES string of the molecule is COC(=O)C=Cc1cc(-c2nn(C)c(C(F)(F)F)c2Cl)c(F)cc1Cl. The maximum absolute atomic E-state index is 14.2. The third-order valence-corrected chi connectivity index (χ3v) is 3.88. The zero-order valence-corrected chi connectivity index (χ0v) is 14.3. The van der Waals surface area contributed by atoms with E-state index in [1.54, 1.807) is 0 Å².